The molecule has 0 N–H and O–H groups in total. The third kappa shape index (κ3) is 3.82. The molecule has 1 unspecified atom stereocenters. The number of nitriles is 1. The molecule has 1 aromatic carbocycles. The van der Waals surface area contributed by atoms with Crippen LogP contribution in [0.3, 0.4) is 0 Å². The van der Waals surface area contributed by atoms with E-state index >= 15 is 0 Å². The molecule has 0 aliphatic rings. The molecule has 0 saturated carbocycles. The molecule has 0 aromatic heterocycles. The van der Waals surface area contributed by atoms with E-state index in [1.165, 1.54) is 20.2 Å². The number of Topliss-reactive ketones (excluding diaryl/α,β-unsaturated/α-hetero) is 1. The highest BCUT2D eigenvalue weighted by molar-refractivity contribution is 6.13. The molecule has 0 fully saturated rings. The van der Waals surface area contributed by atoms with Crippen LogP contribution in [0.15, 0.2) is 18.2 Å². The van der Waals surface area contributed by atoms with Gasteiger partial charge in [0.2, 0.25) is 5.91 Å². The van der Waals surface area contributed by atoms with E-state index in [1.54, 1.807) is 0 Å². The van der Waals surface area contributed by atoms with Gasteiger partial charge in [-0.15, -0.1) is 0 Å². The quantitative estimate of drug-likeness (QED) is 0.364. The number of benzene rings is 1. The van der Waals surface area contributed by atoms with Crippen molar-refractivity contribution < 1.29 is 27.7 Å². The van der Waals surface area contributed by atoms with E-state index in [2.05, 4.69) is 0 Å². The number of nitro benzene ring substituents is 1. The van der Waals surface area contributed by atoms with Gasteiger partial charge in [0.15, 0.2) is 11.7 Å². The molecule has 1 atom stereocenters. The van der Waals surface area contributed by atoms with Gasteiger partial charge in [-0.2, -0.15) is 18.4 Å². The molecular weight excluding hydrogens is 319 g/mol. The first kappa shape index (κ1) is 18.1. The van der Waals surface area contributed by atoms with Gasteiger partial charge in [-0.05, 0) is 12.1 Å². The van der Waals surface area contributed by atoms with Crippen molar-refractivity contribution in [2.45, 2.75) is 6.18 Å². The molecule has 1 amide bonds. The lowest BCUT2D eigenvalue weighted by atomic mass is 9.95. The molecule has 0 spiro atoms. The van der Waals surface area contributed by atoms with Crippen LogP contribution in [-0.4, -0.2) is 35.6 Å². The predicted octanol–water partition coefficient (Wildman–Crippen LogP) is 2.02. The summed E-state index contributed by atoms with van der Waals surface area (Å²) < 4.78 is 37.8. The monoisotopic (exact) mass is 329 g/mol. The fourth-order valence-corrected chi connectivity index (χ4v) is 1.71. The summed E-state index contributed by atoms with van der Waals surface area (Å²) in [4.78, 5) is 34.6. The Hall–Kier alpha value is -2.96. The molecule has 0 heterocycles. The van der Waals surface area contributed by atoms with Crippen molar-refractivity contribution in [1.29, 1.82) is 5.26 Å². The summed E-state index contributed by atoms with van der Waals surface area (Å²) in [6, 6.07) is 2.68. The lowest BCUT2D eigenvalue weighted by Gasteiger charge is -2.14. The molecule has 0 bridgehead atoms. The van der Waals surface area contributed by atoms with Gasteiger partial charge in [-0.25, -0.2) is 0 Å². The predicted molar refractivity (Wildman–Crippen MR) is 70.2 cm³/mol. The third-order valence-electron chi connectivity index (χ3n) is 2.87. The van der Waals surface area contributed by atoms with Crippen LogP contribution < -0.4 is 0 Å². The molecular formula is C13H10F3N3O4. The number of carbonyl (C=O) groups is 2. The molecule has 0 radical (unpaired) electrons. The van der Waals surface area contributed by atoms with Crippen LogP contribution in [-0.2, 0) is 11.0 Å². The lowest BCUT2D eigenvalue weighted by molar-refractivity contribution is -0.385. The number of hydrogen-bond donors (Lipinski definition) is 0. The van der Waals surface area contributed by atoms with Gasteiger partial charge in [-0.3, -0.25) is 19.7 Å². The average molecular weight is 329 g/mol. The van der Waals surface area contributed by atoms with Crippen LogP contribution in [0.1, 0.15) is 15.9 Å². The summed E-state index contributed by atoms with van der Waals surface area (Å²) in [6.45, 7) is 0. The number of nitrogens with zero attached hydrogens (tertiary/aromatic N) is 3. The average Bonchev–Trinajstić information content (AvgIpc) is 2.45. The molecule has 0 saturated heterocycles. The molecule has 7 nitrogen and oxygen atoms in total. The minimum atomic E-state index is -4.83. The first-order valence-corrected chi connectivity index (χ1v) is 6.01. The minimum Gasteiger partial charge on any atom is -0.347 e. The molecule has 1 aromatic rings. The van der Waals surface area contributed by atoms with Crippen LogP contribution in [0, 0.1) is 27.4 Å². The van der Waals surface area contributed by atoms with Gasteiger partial charge in [0.25, 0.3) is 5.69 Å². The summed E-state index contributed by atoms with van der Waals surface area (Å²) in [5.74, 6) is -4.03. The molecule has 10 heteroatoms. The van der Waals surface area contributed by atoms with Gasteiger partial charge >= 0.3 is 6.18 Å². The first-order valence-electron chi connectivity index (χ1n) is 6.01. The summed E-state index contributed by atoms with van der Waals surface area (Å²) >= 11 is 0. The van der Waals surface area contributed by atoms with Crippen molar-refractivity contribution >= 4 is 17.4 Å². The topological polar surface area (TPSA) is 104 Å². The Balaban J connectivity index is 3.42. The van der Waals surface area contributed by atoms with Crippen molar-refractivity contribution in [3.63, 3.8) is 0 Å². The van der Waals surface area contributed by atoms with Crippen molar-refractivity contribution in [2.75, 3.05) is 14.1 Å². The second-order valence-electron chi connectivity index (χ2n) is 4.65. The summed E-state index contributed by atoms with van der Waals surface area (Å²) in [7, 11) is 2.53. The van der Waals surface area contributed by atoms with E-state index < -0.39 is 45.5 Å². The minimum absolute atomic E-state index is 0.196. The van der Waals surface area contributed by atoms with Gasteiger partial charge < -0.3 is 4.90 Å². The van der Waals surface area contributed by atoms with Gasteiger partial charge in [-0.1, -0.05) is 0 Å². The maximum Gasteiger partial charge on any atom is 0.416 e. The van der Waals surface area contributed by atoms with Gasteiger partial charge in [0, 0.05) is 20.2 Å². The zero-order valence-electron chi connectivity index (χ0n) is 11.9. The van der Waals surface area contributed by atoms with E-state index in [-0.39, 0.29) is 6.07 Å². The Morgan fingerprint density at radius 1 is 1.35 bits per heavy atom. The summed E-state index contributed by atoms with van der Waals surface area (Å²) in [6.07, 6.45) is -4.83. The maximum atomic E-state index is 12.6. The number of hydrogen-bond acceptors (Lipinski definition) is 5. The number of amides is 1. The van der Waals surface area contributed by atoms with Crippen LogP contribution in [0.4, 0.5) is 18.9 Å². The smallest absolute Gasteiger partial charge is 0.347 e. The third-order valence-corrected chi connectivity index (χ3v) is 2.87. The number of halogens is 3. The number of alkyl halides is 3. The van der Waals surface area contributed by atoms with Gasteiger partial charge in [0.05, 0.1) is 22.1 Å². The summed E-state index contributed by atoms with van der Waals surface area (Å²) in [5.41, 5.74) is -3.16. The molecule has 23 heavy (non-hydrogen) atoms. The van der Waals surface area contributed by atoms with Crippen molar-refractivity contribution in [2.24, 2.45) is 5.92 Å². The number of carbonyl (C=O) groups excluding carboxylic acids is 2. The highest BCUT2D eigenvalue weighted by Crippen LogP contribution is 2.33. The Bertz CT molecular complexity index is 707. The largest absolute Gasteiger partial charge is 0.416 e. The Labute approximate surface area is 128 Å². The fraction of sp³-hybridized carbons (Fsp3) is 0.308. The Morgan fingerprint density at radius 2 is 1.91 bits per heavy atom. The van der Waals surface area contributed by atoms with Crippen LogP contribution in [0.5, 0.6) is 0 Å². The van der Waals surface area contributed by atoms with Crippen molar-refractivity contribution in [3.8, 4) is 6.07 Å². The van der Waals surface area contributed by atoms with Crippen LogP contribution in [0.25, 0.3) is 0 Å². The first-order chi connectivity index (χ1) is 10.5. The van der Waals surface area contributed by atoms with E-state index in [0.717, 1.165) is 4.90 Å². The molecule has 1 rings (SSSR count). The summed E-state index contributed by atoms with van der Waals surface area (Å²) in [5, 5.41) is 19.8. The maximum absolute atomic E-state index is 12.6. The second kappa shape index (κ2) is 6.43. The number of ketones is 1. The van der Waals surface area contributed by atoms with E-state index in [0.29, 0.717) is 12.1 Å². The SMILES string of the molecule is CN(C)C(=O)C(C#N)C(=O)c1ccc(C(F)(F)F)cc1[N+](=O)[O-]. The fourth-order valence-electron chi connectivity index (χ4n) is 1.71. The van der Waals surface area contributed by atoms with Crippen LogP contribution in [0.2, 0.25) is 0 Å². The molecule has 0 aliphatic carbocycles. The highest BCUT2D eigenvalue weighted by atomic mass is 19.4. The van der Waals surface area contributed by atoms with Gasteiger partial charge in [0.1, 0.15) is 0 Å². The molecule has 0 aliphatic heterocycles. The number of rotatable bonds is 4. The van der Waals surface area contributed by atoms with E-state index in [9.17, 15) is 32.9 Å². The Kier molecular flexibility index (Phi) is 5.06. The zero-order valence-corrected chi connectivity index (χ0v) is 11.9. The second-order valence-corrected chi connectivity index (χ2v) is 4.65. The lowest BCUT2D eigenvalue weighted by Crippen LogP contribution is -2.34. The highest BCUT2D eigenvalue weighted by Gasteiger charge is 2.37. The van der Waals surface area contributed by atoms with Crippen molar-refractivity contribution in [1.82, 2.24) is 4.90 Å². The van der Waals surface area contributed by atoms with E-state index in [4.69, 9.17) is 5.26 Å². The van der Waals surface area contributed by atoms with Crippen LogP contribution >= 0.6 is 0 Å². The van der Waals surface area contributed by atoms with E-state index in [1.807, 2.05) is 0 Å². The van der Waals surface area contributed by atoms with Crippen molar-refractivity contribution in [3.05, 3.63) is 39.4 Å². The standard InChI is InChI=1S/C13H10F3N3O4/c1-18(2)12(21)9(6-17)11(20)8-4-3-7(13(14,15)16)5-10(8)19(22)23/h3-5,9H,1-2H3. The normalized spacial score (nSPS) is 12.2. The Morgan fingerprint density at radius 3 is 2.30 bits per heavy atom. The molecule has 122 valence electrons. The number of nitro groups is 1. The zero-order chi connectivity index (χ0) is 17.9.